The molecular weight excluding hydrogens is 506 g/mol. The Kier molecular flexibility index (Phi) is 7.97. The first-order chi connectivity index (χ1) is 19.0. The van der Waals surface area contributed by atoms with Crippen LogP contribution >= 0.6 is 0 Å². The lowest BCUT2D eigenvalue weighted by molar-refractivity contribution is -0.126. The molecular formula is C32H39N3O5. The second-order valence-electron chi connectivity index (χ2n) is 9.59. The van der Waals surface area contributed by atoms with E-state index in [1.165, 1.54) is 7.11 Å². The van der Waals surface area contributed by atoms with Gasteiger partial charge < -0.3 is 29.0 Å². The van der Waals surface area contributed by atoms with Gasteiger partial charge in [0, 0.05) is 34.5 Å². The van der Waals surface area contributed by atoms with E-state index in [1.54, 1.807) is 0 Å². The van der Waals surface area contributed by atoms with Crippen LogP contribution in [-0.4, -0.2) is 39.3 Å². The number of hydrogen-bond acceptors (Lipinski definition) is 5. The smallest absolute Gasteiger partial charge is 0.292 e. The van der Waals surface area contributed by atoms with E-state index in [2.05, 4.69) is 43.5 Å². The van der Waals surface area contributed by atoms with Crippen molar-refractivity contribution in [2.24, 2.45) is 0 Å². The summed E-state index contributed by atoms with van der Waals surface area (Å²) >= 11 is 0. The summed E-state index contributed by atoms with van der Waals surface area (Å²) in [5.41, 5.74) is 4.96. The maximum absolute atomic E-state index is 13.1. The number of para-hydroxylation sites is 2. The zero-order valence-corrected chi connectivity index (χ0v) is 23.2. The molecule has 8 nitrogen and oxygen atoms in total. The van der Waals surface area contributed by atoms with Gasteiger partial charge in [-0.05, 0) is 24.6 Å². The summed E-state index contributed by atoms with van der Waals surface area (Å²) < 4.78 is 14.8. The summed E-state index contributed by atoms with van der Waals surface area (Å²) in [4.78, 5) is 22.0. The number of ether oxygens (including phenoxy) is 2. The fourth-order valence-corrected chi connectivity index (χ4v) is 6.34. The van der Waals surface area contributed by atoms with Crippen molar-refractivity contribution in [2.75, 3.05) is 7.11 Å². The summed E-state index contributed by atoms with van der Waals surface area (Å²) in [5, 5.41) is 18.7. The number of nitrogens with zero attached hydrogens (tertiary/aromatic N) is 2. The van der Waals surface area contributed by atoms with Gasteiger partial charge in [0.2, 0.25) is 0 Å². The molecule has 3 aromatic carbocycles. The minimum absolute atomic E-state index is 0. The van der Waals surface area contributed by atoms with Gasteiger partial charge in [0.1, 0.15) is 11.8 Å². The van der Waals surface area contributed by atoms with Gasteiger partial charge in [0.15, 0.2) is 6.23 Å². The average molecular weight is 546 g/mol. The van der Waals surface area contributed by atoms with Gasteiger partial charge in [0.05, 0.1) is 34.7 Å². The number of aromatic nitrogens is 2. The van der Waals surface area contributed by atoms with Gasteiger partial charge >= 0.3 is 0 Å². The number of rotatable bonds is 1. The highest BCUT2D eigenvalue weighted by Crippen LogP contribution is 2.54. The number of benzene rings is 3. The molecule has 2 N–H and O–H groups in total. The Morgan fingerprint density at radius 1 is 0.975 bits per heavy atom. The van der Waals surface area contributed by atoms with Crippen LogP contribution in [0.2, 0.25) is 0 Å². The van der Waals surface area contributed by atoms with Crippen LogP contribution in [0.1, 0.15) is 76.8 Å². The minimum Gasteiger partial charge on any atom is -0.471 e. The van der Waals surface area contributed by atoms with Crippen molar-refractivity contribution in [3.05, 3.63) is 59.7 Å². The number of carbonyl (C=O) groups excluding carboxylic acids is 2. The van der Waals surface area contributed by atoms with Crippen molar-refractivity contribution in [1.82, 2.24) is 14.5 Å². The lowest BCUT2D eigenvalue weighted by Crippen LogP contribution is -2.32. The Balaban J connectivity index is 0.000000375. The number of methoxy groups -OCH3 is 1. The predicted molar refractivity (Wildman–Crippen MR) is 161 cm³/mol. The van der Waals surface area contributed by atoms with Crippen molar-refractivity contribution in [3.8, 4) is 0 Å². The fourth-order valence-electron chi connectivity index (χ4n) is 6.34. The quantitative estimate of drug-likeness (QED) is 0.226. The predicted octanol–water partition coefficient (Wildman–Crippen LogP) is 6.81. The Morgan fingerprint density at radius 3 is 2.10 bits per heavy atom. The second-order valence-corrected chi connectivity index (χ2v) is 9.59. The third-order valence-electron chi connectivity index (χ3n) is 7.58. The molecule has 8 rings (SSSR count). The SMILES string of the molecule is C.CC.CC.CC1(O)CC2OC1n1c3ccccc3c3c4c(c5c6ccccc6n2c5c31)C(=O)NC4.COC=O. The molecule has 3 aliphatic rings. The highest BCUT2D eigenvalue weighted by atomic mass is 16.6. The van der Waals surface area contributed by atoms with Crippen LogP contribution in [0.4, 0.5) is 0 Å². The summed E-state index contributed by atoms with van der Waals surface area (Å²) in [7, 11) is 1.31. The fraction of sp³-hybridized carbons (Fsp3) is 0.375. The van der Waals surface area contributed by atoms with Crippen molar-refractivity contribution >= 4 is 56.0 Å². The van der Waals surface area contributed by atoms with E-state index in [-0.39, 0.29) is 19.6 Å². The molecule has 1 fully saturated rings. The molecule has 1 amide bonds. The number of fused-ring (bicyclic) bond motifs is 13. The lowest BCUT2D eigenvalue weighted by atomic mass is 9.96. The highest BCUT2D eigenvalue weighted by molar-refractivity contribution is 6.30. The molecule has 5 aromatic rings. The first-order valence-electron chi connectivity index (χ1n) is 13.6. The molecule has 3 aliphatic heterocycles. The van der Waals surface area contributed by atoms with E-state index < -0.39 is 11.8 Å². The number of carbonyl (C=O) groups is 2. The topological polar surface area (TPSA) is 94.7 Å². The number of aliphatic hydroxyl groups is 1. The zero-order valence-electron chi connectivity index (χ0n) is 23.2. The van der Waals surface area contributed by atoms with Crippen LogP contribution in [-0.2, 0) is 20.8 Å². The Hall–Kier alpha value is -3.88. The van der Waals surface area contributed by atoms with Gasteiger partial charge in [-0.25, -0.2) is 0 Å². The highest BCUT2D eigenvalue weighted by Gasteiger charge is 2.50. The molecule has 0 saturated carbocycles. The van der Waals surface area contributed by atoms with Crippen LogP contribution in [0.3, 0.4) is 0 Å². The molecule has 0 aliphatic carbocycles. The first kappa shape index (κ1) is 29.1. The summed E-state index contributed by atoms with van der Waals surface area (Å²) in [6.07, 6.45) is -0.307. The van der Waals surface area contributed by atoms with Crippen LogP contribution in [0.5, 0.6) is 0 Å². The number of amides is 1. The Morgan fingerprint density at radius 2 is 1.50 bits per heavy atom. The summed E-state index contributed by atoms with van der Waals surface area (Å²) in [5.74, 6) is -0.0149. The monoisotopic (exact) mass is 545 g/mol. The molecule has 3 unspecified atom stereocenters. The van der Waals surface area contributed by atoms with Crippen LogP contribution in [0.15, 0.2) is 48.5 Å². The van der Waals surface area contributed by atoms with Gasteiger partial charge in [-0.2, -0.15) is 0 Å². The van der Waals surface area contributed by atoms with Crippen LogP contribution < -0.4 is 5.32 Å². The van der Waals surface area contributed by atoms with E-state index in [1.807, 2.05) is 58.9 Å². The third kappa shape index (κ3) is 3.81. The number of nitrogens with one attached hydrogen (secondary N) is 1. The molecule has 0 spiro atoms. The molecule has 2 bridgehead atoms. The zero-order chi connectivity index (χ0) is 28.1. The molecule has 212 valence electrons. The summed E-state index contributed by atoms with van der Waals surface area (Å²) in [6, 6.07) is 16.5. The number of hydrogen-bond donors (Lipinski definition) is 2. The van der Waals surface area contributed by atoms with E-state index in [0.717, 1.165) is 54.7 Å². The maximum atomic E-state index is 13.1. The third-order valence-corrected chi connectivity index (χ3v) is 7.58. The average Bonchev–Trinajstić information content (AvgIpc) is 3.67. The second kappa shape index (κ2) is 10.9. The minimum atomic E-state index is -1.01. The van der Waals surface area contributed by atoms with E-state index in [9.17, 15) is 9.90 Å². The van der Waals surface area contributed by atoms with Crippen molar-refractivity contribution < 1.29 is 24.2 Å². The molecule has 2 aromatic heterocycles. The Bertz CT molecular complexity index is 1730. The van der Waals surface area contributed by atoms with Gasteiger partial charge in [-0.15, -0.1) is 0 Å². The molecule has 3 atom stereocenters. The van der Waals surface area contributed by atoms with Crippen LogP contribution in [0.25, 0.3) is 43.6 Å². The maximum Gasteiger partial charge on any atom is 0.292 e. The van der Waals surface area contributed by atoms with E-state index in [4.69, 9.17) is 9.53 Å². The normalized spacial score (nSPS) is 21.3. The van der Waals surface area contributed by atoms with Gasteiger partial charge in [-0.1, -0.05) is 71.5 Å². The van der Waals surface area contributed by atoms with Gasteiger partial charge in [0.25, 0.3) is 12.4 Å². The van der Waals surface area contributed by atoms with Crippen molar-refractivity contribution in [3.63, 3.8) is 0 Å². The van der Waals surface area contributed by atoms with E-state index >= 15 is 0 Å². The molecule has 40 heavy (non-hydrogen) atoms. The first-order valence-corrected chi connectivity index (χ1v) is 13.6. The van der Waals surface area contributed by atoms with Crippen molar-refractivity contribution in [1.29, 1.82) is 0 Å². The molecule has 1 saturated heterocycles. The van der Waals surface area contributed by atoms with E-state index in [0.29, 0.717) is 19.4 Å². The van der Waals surface area contributed by atoms with Crippen LogP contribution in [0, 0.1) is 0 Å². The molecule has 0 radical (unpaired) electrons. The Labute approximate surface area is 234 Å². The standard InChI is InChI=1S/C25H19N3O3.C2H4O2.2C2H6.CH4/c1-25(30)10-17-27-15-8-4-3-7-13(15)19-20-14(11-26-23(20)29)18-12-6-2-5-9-16(12)28(24(25)31-17)21(18)22(19)27;1-4-2-3;2*1-2;/h2-9,17,24,30H,10-11H2,1H3,(H,26,29);2H,1H3;2*1-2H3;1H4. The molecule has 8 heteroatoms. The lowest BCUT2D eigenvalue weighted by Gasteiger charge is -2.26. The van der Waals surface area contributed by atoms with Crippen molar-refractivity contribution in [2.45, 2.75) is 73.1 Å². The molecule has 5 heterocycles. The summed E-state index contributed by atoms with van der Waals surface area (Å²) in [6.45, 7) is 10.8. The largest absolute Gasteiger partial charge is 0.471 e. The van der Waals surface area contributed by atoms with Gasteiger partial charge in [-0.3, -0.25) is 9.59 Å².